The van der Waals surface area contributed by atoms with Crippen LogP contribution < -0.4 is 10.2 Å². The van der Waals surface area contributed by atoms with Crippen molar-refractivity contribution in [3.05, 3.63) is 29.3 Å². The van der Waals surface area contributed by atoms with Crippen molar-refractivity contribution in [1.29, 1.82) is 0 Å². The van der Waals surface area contributed by atoms with Gasteiger partial charge in [-0.1, -0.05) is 12.1 Å². The summed E-state index contributed by atoms with van der Waals surface area (Å²) in [7, 11) is 2.11. The van der Waals surface area contributed by atoms with E-state index in [9.17, 15) is 4.79 Å². The minimum Gasteiger partial charge on any atom is -0.351 e. The van der Waals surface area contributed by atoms with Crippen molar-refractivity contribution in [3.63, 3.8) is 0 Å². The predicted molar refractivity (Wildman–Crippen MR) is 113 cm³/mol. The molecule has 1 unspecified atom stereocenters. The van der Waals surface area contributed by atoms with Gasteiger partial charge >= 0.3 is 0 Å². The van der Waals surface area contributed by atoms with E-state index < -0.39 is 0 Å². The molecule has 2 atom stereocenters. The zero-order valence-corrected chi connectivity index (χ0v) is 17.9. The normalized spacial score (nSPS) is 33.1. The number of hydrogen-bond donors (Lipinski definition) is 2. The molecule has 1 amide bonds. The standard InChI is InChI=1S/C23H31N3OS/c1-15(22-25-19-5-3-4-6-20(19)28-22)26(2)13-21(27)24-14-23-10-16-7-17(11-23)9-18(8-16)12-23/h3-6,15-18H,7-14H2,1-2H3,(H,24,27)/p+1/t15-,16?,17?,18?,23?/m0/s1. The van der Waals surface area contributed by atoms with Crippen LogP contribution in [0.3, 0.4) is 0 Å². The van der Waals surface area contributed by atoms with Crippen molar-refractivity contribution in [2.45, 2.75) is 51.5 Å². The highest BCUT2D eigenvalue weighted by Crippen LogP contribution is 2.59. The zero-order valence-electron chi connectivity index (χ0n) is 17.0. The average molecular weight is 399 g/mol. The van der Waals surface area contributed by atoms with Gasteiger partial charge < -0.3 is 10.2 Å². The van der Waals surface area contributed by atoms with E-state index in [0.717, 1.165) is 34.8 Å². The minimum atomic E-state index is 0.196. The minimum absolute atomic E-state index is 0.196. The highest BCUT2D eigenvalue weighted by molar-refractivity contribution is 7.18. The van der Waals surface area contributed by atoms with Crippen LogP contribution in [0.25, 0.3) is 10.2 Å². The van der Waals surface area contributed by atoms with Gasteiger partial charge in [-0.25, -0.2) is 4.98 Å². The maximum Gasteiger partial charge on any atom is 0.275 e. The van der Waals surface area contributed by atoms with Crippen LogP contribution in [0.5, 0.6) is 0 Å². The van der Waals surface area contributed by atoms with Gasteiger partial charge in [-0.15, -0.1) is 11.3 Å². The summed E-state index contributed by atoms with van der Waals surface area (Å²) in [5, 5.41) is 4.44. The quantitative estimate of drug-likeness (QED) is 0.785. The molecule has 4 aliphatic rings. The average Bonchev–Trinajstić information content (AvgIpc) is 3.09. The Morgan fingerprint density at radius 2 is 1.86 bits per heavy atom. The van der Waals surface area contributed by atoms with Crippen LogP contribution in [0.15, 0.2) is 24.3 Å². The highest BCUT2D eigenvalue weighted by atomic mass is 32.1. The first-order valence-electron chi connectivity index (χ1n) is 10.9. The lowest BCUT2D eigenvalue weighted by atomic mass is 9.49. The van der Waals surface area contributed by atoms with Crippen LogP contribution in [-0.4, -0.2) is 31.0 Å². The third kappa shape index (κ3) is 3.48. The molecule has 1 aromatic heterocycles. The largest absolute Gasteiger partial charge is 0.351 e. The Hall–Kier alpha value is -1.46. The number of hydrogen-bond acceptors (Lipinski definition) is 3. The maximum atomic E-state index is 12.7. The fraction of sp³-hybridized carbons (Fsp3) is 0.652. The molecule has 4 aliphatic carbocycles. The third-order valence-electron chi connectivity index (χ3n) is 7.69. The molecule has 5 heteroatoms. The molecular formula is C23H32N3OS+. The van der Waals surface area contributed by atoms with E-state index in [4.69, 9.17) is 4.98 Å². The Morgan fingerprint density at radius 1 is 1.21 bits per heavy atom. The summed E-state index contributed by atoms with van der Waals surface area (Å²) in [5.41, 5.74) is 1.48. The number of rotatable bonds is 6. The van der Waals surface area contributed by atoms with Gasteiger partial charge in [0, 0.05) is 6.54 Å². The number of nitrogens with zero attached hydrogens (tertiary/aromatic N) is 1. The number of carbonyl (C=O) groups is 1. The number of aromatic nitrogens is 1. The molecule has 0 aliphatic heterocycles. The van der Waals surface area contributed by atoms with E-state index in [1.54, 1.807) is 11.3 Å². The second-order valence-corrected chi connectivity index (χ2v) is 11.0. The van der Waals surface area contributed by atoms with Crippen molar-refractivity contribution in [2.75, 3.05) is 20.1 Å². The molecule has 4 fully saturated rings. The summed E-state index contributed by atoms with van der Waals surface area (Å²) in [6.45, 7) is 3.60. The number of fused-ring (bicyclic) bond motifs is 1. The first-order chi connectivity index (χ1) is 13.5. The zero-order chi connectivity index (χ0) is 19.3. The molecule has 6 rings (SSSR count). The molecule has 4 nitrogen and oxygen atoms in total. The van der Waals surface area contributed by atoms with Crippen molar-refractivity contribution in [1.82, 2.24) is 10.3 Å². The molecule has 2 aromatic rings. The molecular weight excluding hydrogens is 366 g/mol. The van der Waals surface area contributed by atoms with Gasteiger partial charge in [-0.05, 0) is 80.8 Å². The van der Waals surface area contributed by atoms with Crippen LogP contribution >= 0.6 is 11.3 Å². The Morgan fingerprint density at radius 3 is 2.50 bits per heavy atom. The summed E-state index contributed by atoms with van der Waals surface area (Å²) in [5.74, 6) is 3.02. The fourth-order valence-electron chi connectivity index (χ4n) is 6.55. The summed E-state index contributed by atoms with van der Waals surface area (Å²) < 4.78 is 1.23. The van der Waals surface area contributed by atoms with Crippen LogP contribution in [-0.2, 0) is 4.79 Å². The van der Waals surface area contributed by atoms with Crippen molar-refractivity contribution >= 4 is 27.5 Å². The van der Waals surface area contributed by atoms with E-state index in [-0.39, 0.29) is 11.9 Å². The molecule has 28 heavy (non-hydrogen) atoms. The molecule has 4 saturated carbocycles. The number of carbonyl (C=O) groups excluding carboxylic acids is 1. The SMILES string of the molecule is C[C@@H](c1nc2ccccc2s1)[NH+](C)CC(=O)NCC12CC3CC(CC(C3)C1)C2. The molecule has 150 valence electrons. The molecule has 2 N–H and O–H groups in total. The predicted octanol–water partition coefficient (Wildman–Crippen LogP) is 3.20. The first-order valence-corrected chi connectivity index (χ1v) is 11.8. The lowest BCUT2D eigenvalue weighted by Gasteiger charge is -2.56. The van der Waals surface area contributed by atoms with Crippen LogP contribution in [0, 0.1) is 23.2 Å². The van der Waals surface area contributed by atoms with Crippen molar-refractivity contribution in [2.24, 2.45) is 23.2 Å². The Labute approximate surface area is 171 Å². The number of benzene rings is 1. The van der Waals surface area contributed by atoms with Gasteiger partial charge in [-0.3, -0.25) is 4.79 Å². The summed E-state index contributed by atoms with van der Waals surface area (Å²) in [6, 6.07) is 8.50. The van der Waals surface area contributed by atoms with E-state index in [1.165, 1.54) is 48.1 Å². The summed E-state index contributed by atoms with van der Waals surface area (Å²) in [6.07, 6.45) is 8.43. The third-order valence-corrected chi connectivity index (χ3v) is 8.90. The van der Waals surface area contributed by atoms with Gasteiger partial charge in [0.2, 0.25) is 0 Å². The van der Waals surface area contributed by atoms with Gasteiger partial charge in [0.1, 0.15) is 6.04 Å². The van der Waals surface area contributed by atoms with Crippen molar-refractivity contribution < 1.29 is 9.69 Å². The number of quaternary nitrogens is 1. The second kappa shape index (κ2) is 7.10. The van der Waals surface area contributed by atoms with Crippen LogP contribution in [0.1, 0.15) is 56.5 Å². The first kappa shape index (κ1) is 18.6. The second-order valence-electron chi connectivity index (χ2n) is 9.96. The molecule has 1 heterocycles. The maximum absolute atomic E-state index is 12.7. The number of para-hydroxylation sites is 1. The monoisotopic (exact) mass is 398 g/mol. The molecule has 0 saturated heterocycles. The molecule has 0 radical (unpaired) electrons. The Balaban J connectivity index is 1.17. The number of likely N-dealkylation sites (N-methyl/N-ethyl adjacent to an activating group) is 1. The van der Waals surface area contributed by atoms with Gasteiger partial charge in [0.25, 0.3) is 5.91 Å². The summed E-state index contributed by atoms with van der Waals surface area (Å²) in [4.78, 5) is 18.7. The van der Waals surface area contributed by atoms with Crippen LogP contribution in [0.4, 0.5) is 0 Å². The topological polar surface area (TPSA) is 46.4 Å². The number of thiazole rings is 1. The van der Waals surface area contributed by atoms with Gasteiger partial charge in [0.05, 0.1) is 17.3 Å². The smallest absolute Gasteiger partial charge is 0.275 e. The fourth-order valence-corrected chi connectivity index (χ4v) is 7.66. The van der Waals surface area contributed by atoms with Gasteiger partial charge in [0.15, 0.2) is 11.6 Å². The van der Waals surface area contributed by atoms with E-state index >= 15 is 0 Å². The van der Waals surface area contributed by atoms with Crippen LogP contribution in [0.2, 0.25) is 0 Å². The van der Waals surface area contributed by atoms with Crippen molar-refractivity contribution in [3.8, 4) is 0 Å². The lowest BCUT2D eigenvalue weighted by Crippen LogP contribution is -3.10. The highest BCUT2D eigenvalue weighted by Gasteiger charge is 2.50. The van der Waals surface area contributed by atoms with E-state index in [2.05, 4.69) is 37.5 Å². The Bertz CT molecular complexity index is 807. The summed E-state index contributed by atoms with van der Waals surface area (Å²) >= 11 is 1.75. The number of amides is 1. The van der Waals surface area contributed by atoms with E-state index in [0.29, 0.717) is 12.0 Å². The Kier molecular flexibility index (Phi) is 4.71. The molecule has 0 spiro atoms. The lowest BCUT2D eigenvalue weighted by molar-refractivity contribution is -0.902. The van der Waals surface area contributed by atoms with Gasteiger partial charge in [-0.2, -0.15) is 0 Å². The number of nitrogens with one attached hydrogen (secondary N) is 2. The molecule has 4 bridgehead atoms. The van der Waals surface area contributed by atoms with E-state index in [1.807, 2.05) is 6.07 Å². The molecule has 1 aromatic carbocycles.